The summed E-state index contributed by atoms with van der Waals surface area (Å²) in [5, 5.41) is 4.73. The van der Waals surface area contributed by atoms with Gasteiger partial charge in [-0.1, -0.05) is 30.3 Å². The fourth-order valence-corrected chi connectivity index (χ4v) is 1.49. The maximum atomic E-state index is 11.7. The fraction of sp³-hybridized carbons (Fsp3) is 0.0909. The van der Waals surface area contributed by atoms with Gasteiger partial charge in [-0.25, -0.2) is 0 Å². The van der Waals surface area contributed by atoms with Crippen LogP contribution in [0.4, 0.5) is 0 Å². The van der Waals surface area contributed by atoms with Crippen LogP contribution in [0.2, 0.25) is 0 Å². The van der Waals surface area contributed by atoms with Crippen LogP contribution in [-0.2, 0) is 7.05 Å². The van der Waals surface area contributed by atoms with Gasteiger partial charge < -0.3 is 0 Å². The van der Waals surface area contributed by atoms with Crippen LogP contribution >= 0.6 is 12.6 Å². The number of thiol groups is 1. The van der Waals surface area contributed by atoms with Crippen LogP contribution in [0.15, 0.2) is 46.2 Å². The molecule has 0 aliphatic heterocycles. The molecule has 0 saturated heterocycles. The molecule has 1 aromatic heterocycles. The van der Waals surface area contributed by atoms with Gasteiger partial charge in [0.25, 0.3) is 0 Å². The van der Waals surface area contributed by atoms with Gasteiger partial charge in [0.15, 0.2) is 0 Å². The average Bonchev–Trinajstić information content (AvgIpc) is 2.25. The normalized spacial score (nSPS) is 10.3. The first-order valence-corrected chi connectivity index (χ1v) is 4.96. The van der Waals surface area contributed by atoms with Crippen molar-refractivity contribution in [2.24, 2.45) is 7.05 Å². The van der Waals surface area contributed by atoms with Gasteiger partial charge in [0.2, 0.25) is 5.43 Å². The number of aryl methyl sites for hydroxylation is 1. The van der Waals surface area contributed by atoms with Crippen LogP contribution in [0, 0.1) is 0 Å². The van der Waals surface area contributed by atoms with Gasteiger partial charge in [-0.05, 0) is 0 Å². The minimum atomic E-state index is -0.107. The second kappa shape index (κ2) is 3.90. The molecule has 4 heteroatoms. The summed E-state index contributed by atoms with van der Waals surface area (Å²) < 4.78 is 1.58. The van der Waals surface area contributed by atoms with E-state index in [1.165, 1.54) is 6.07 Å². The molecule has 15 heavy (non-hydrogen) atoms. The highest BCUT2D eigenvalue weighted by Crippen LogP contribution is 2.12. The molecule has 0 spiro atoms. The molecule has 0 unspecified atom stereocenters. The van der Waals surface area contributed by atoms with E-state index in [1.807, 2.05) is 30.3 Å². The van der Waals surface area contributed by atoms with E-state index in [-0.39, 0.29) is 5.43 Å². The summed E-state index contributed by atoms with van der Waals surface area (Å²) in [6, 6.07) is 10.9. The largest absolute Gasteiger partial charge is 0.287 e. The van der Waals surface area contributed by atoms with E-state index < -0.39 is 0 Å². The predicted octanol–water partition coefficient (Wildman–Crippen LogP) is 1.74. The number of hydrogen-bond donors (Lipinski definition) is 1. The smallest absolute Gasteiger partial charge is 0.209 e. The lowest BCUT2D eigenvalue weighted by atomic mass is 10.1. The summed E-state index contributed by atoms with van der Waals surface area (Å²) in [6.45, 7) is 0. The summed E-state index contributed by atoms with van der Waals surface area (Å²) in [5.74, 6) is 0. The molecule has 2 rings (SSSR count). The third-order valence-electron chi connectivity index (χ3n) is 2.12. The molecule has 1 heterocycles. The summed E-state index contributed by atoms with van der Waals surface area (Å²) in [6.07, 6.45) is 0. The van der Waals surface area contributed by atoms with Gasteiger partial charge in [-0.2, -0.15) is 5.10 Å². The number of aromatic nitrogens is 2. The molecular formula is C11H10N2OS. The minimum absolute atomic E-state index is 0.107. The Morgan fingerprint density at radius 3 is 2.60 bits per heavy atom. The SMILES string of the molecule is Cn1nc(-c2ccccc2)c(=O)cc1S. The van der Waals surface area contributed by atoms with E-state index in [9.17, 15) is 4.79 Å². The van der Waals surface area contributed by atoms with E-state index in [0.717, 1.165) is 5.56 Å². The third kappa shape index (κ3) is 1.94. The Hall–Kier alpha value is -1.55. The maximum absolute atomic E-state index is 11.7. The Kier molecular flexibility index (Phi) is 2.60. The average molecular weight is 218 g/mol. The van der Waals surface area contributed by atoms with Crippen molar-refractivity contribution in [3.63, 3.8) is 0 Å². The van der Waals surface area contributed by atoms with Crippen LogP contribution in [0.1, 0.15) is 0 Å². The Morgan fingerprint density at radius 1 is 1.27 bits per heavy atom. The number of nitrogens with zero attached hydrogens (tertiary/aromatic N) is 2. The zero-order valence-corrected chi connectivity index (χ0v) is 9.11. The summed E-state index contributed by atoms with van der Waals surface area (Å²) in [7, 11) is 1.76. The van der Waals surface area contributed by atoms with Crippen LogP contribution < -0.4 is 5.43 Å². The monoisotopic (exact) mass is 218 g/mol. The van der Waals surface area contributed by atoms with Gasteiger partial charge >= 0.3 is 0 Å². The molecule has 0 atom stereocenters. The first-order chi connectivity index (χ1) is 7.18. The van der Waals surface area contributed by atoms with Crippen molar-refractivity contribution < 1.29 is 0 Å². The summed E-state index contributed by atoms with van der Waals surface area (Å²) in [5.41, 5.74) is 1.17. The van der Waals surface area contributed by atoms with E-state index in [0.29, 0.717) is 10.7 Å². The van der Waals surface area contributed by atoms with Crippen molar-refractivity contribution in [1.29, 1.82) is 0 Å². The molecular weight excluding hydrogens is 208 g/mol. The second-order valence-corrected chi connectivity index (χ2v) is 3.66. The fourth-order valence-electron chi connectivity index (χ4n) is 1.33. The lowest BCUT2D eigenvalue weighted by Gasteiger charge is -2.04. The lowest BCUT2D eigenvalue weighted by molar-refractivity contribution is 0.665. The van der Waals surface area contributed by atoms with Crippen LogP contribution in [0.25, 0.3) is 11.3 Å². The van der Waals surface area contributed by atoms with Crippen molar-refractivity contribution in [1.82, 2.24) is 9.78 Å². The maximum Gasteiger partial charge on any atom is 0.209 e. The van der Waals surface area contributed by atoms with E-state index in [2.05, 4.69) is 17.7 Å². The zero-order chi connectivity index (χ0) is 10.8. The summed E-state index contributed by atoms with van der Waals surface area (Å²) in [4.78, 5) is 11.7. The predicted molar refractivity (Wildman–Crippen MR) is 62.2 cm³/mol. The highest BCUT2D eigenvalue weighted by atomic mass is 32.1. The minimum Gasteiger partial charge on any atom is -0.287 e. The standard InChI is InChI=1S/C11H10N2OS/c1-13-10(15)7-9(14)11(12-13)8-5-3-2-4-6-8/h2-7,15H,1H3. The number of hydrogen-bond acceptors (Lipinski definition) is 3. The molecule has 0 saturated carbocycles. The molecule has 76 valence electrons. The highest BCUT2D eigenvalue weighted by Gasteiger charge is 2.05. The third-order valence-corrected chi connectivity index (χ3v) is 2.54. The first-order valence-electron chi connectivity index (χ1n) is 4.51. The molecule has 0 aliphatic carbocycles. The summed E-state index contributed by atoms with van der Waals surface area (Å²) >= 11 is 4.13. The van der Waals surface area contributed by atoms with Crippen LogP contribution in [0.5, 0.6) is 0 Å². The molecule has 0 radical (unpaired) electrons. The quantitative estimate of drug-likeness (QED) is 0.740. The van der Waals surface area contributed by atoms with Gasteiger partial charge in [-0.15, -0.1) is 12.6 Å². The van der Waals surface area contributed by atoms with Crippen molar-refractivity contribution >= 4 is 12.6 Å². The van der Waals surface area contributed by atoms with E-state index in [1.54, 1.807) is 11.7 Å². The Balaban J connectivity index is 2.65. The Bertz CT molecular complexity index is 534. The van der Waals surface area contributed by atoms with Gasteiger partial charge in [0, 0.05) is 18.7 Å². The van der Waals surface area contributed by atoms with Crippen molar-refractivity contribution in [2.45, 2.75) is 5.03 Å². The molecule has 2 aromatic rings. The van der Waals surface area contributed by atoms with Gasteiger partial charge in [-0.3, -0.25) is 9.48 Å². The molecule has 1 aromatic carbocycles. The van der Waals surface area contributed by atoms with Crippen LogP contribution in [-0.4, -0.2) is 9.78 Å². The highest BCUT2D eigenvalue weighted by molar-refractivity contribution is 7.80. The van der Waals surface area contributed by atoms with E-state index in [4.69, 9.17) is 0 Å². The molecule has 0 bridgehead atoms. The van der Waals surface area contributed by atoms with Crippen molar-refractivity contribution in [2.75, 3.05) is 0 Å². The molecule has 0 fully saturated rings. The Morgan fingerprint density at radius 2 is 1.93 bits per heavy atom. The molecule has 3 nitrogen and oxygen atoms in total. The topological polar surface area (TPSA) is 34.9 Å². The van der Waals surface area contributed by atoms with Crippen molar-refractivity contribution in [3.05, 3.63) is 46.6 Å². The first kappa shape index (κ1) is 9.98. The van der Waals surface area contributed by atoms with E-state index >= 15 is 0 Å². The Labute approximate surface area is 92.8 Å². The second-order valence-electron chi connectivity index (χ2n) is 3.21. The molecule has 0 aliphatic rings. The van der Waals surface area contributed by atoms with Gasteiger partial charge in [0.05, 0.1) is 5.03 Å². The molecule has 0 N–H and O–H groups in total. The number of rotatable bonds is 1. The number of benzene rings is 1. The van der Waals surface area contributed by atoms with Gasteiger partial charge in [0.1, 0.15) is 5.69 Å². The lowest BCUT2D eigenvalue weighted by Crippen LogP contribution is -2.13. The zero-order valence-electron chi connectivity index (χ0n) is 8.21. The van der Waals surface area contributed by atoms with Crippen LogP contribution in [0.3, 0.4) is 0 Å². The van der Waals surface area contributed by atoms with Crippen molar-refractivity contribution in [3.8, 4) is 11.3 Å². The molecule has 0 amide bonds.